The van der Waals surface area contributed by atoms with Crippen LogP contribution in [0.15, 0.2) is 54.6 Å². The highest BCUT2D eigenvalue weighted by Gasteiger charge is 2.32. The van der Waals surface area contributed by atoms with Crippen molar-refractivity contribution in [3.8, 4) is 5.75 Å². The molecule has 1 unspecified atom stereocenters. The van der Waals surface area contributed by atoms with Crippen molar-refractivity contribution in [1.29, 1.82) is 0 Å². The highest BCUT2D eigenvalue weighted by Crippen LogP contribution is 2.21. The Morgan fingerprint density at radius 2 is 1.35 bits per heavy atom. The SMILES string of the molecule is CCCCCCCCCCCc1ccccc1OCCCCOC(=O)C(C)[N+](C)(C)Cc1ccccc1. The lowest BCUT2D eigenvalue weighted by Gasteiger charge is -2.34. The first kappa shape index (κ1) is 30.9. The van der Waals surface area contributed by atoms with Crippen molar-refractivity contribution in [3.05, 3.63) is 65.7 Å². The number of benzene rings is 2. The summed E-state index contributed by atoms with van der Waals surface area (Å²) < 4.78 is 12.3. The molecule has 37 heavy (non-hydrogen) atoms. The predicted octanol–water partition coefficient (Wildman–Crippen LogP) is 8.13. The first-order valence-corrected chi connectivity index (χ1v) is 14.7. The molecule has 2 aromatic carbocycles. The van der Waals surface area contributed by atoms with Gasteiger partial charge in [0.05, 0.1) is 27.3 Å². The maximum Gasteiger partial charge on any atom is 0.364 e. The van der Waals surface area contributed by atoms with Gasteiger partial charge in [0.1, 0.15) is 12.3 Å². The zero-order chi connectivity index (χ0) is 26.8. The van der Waals surface area contributed by atoms with Crippen LogP contribution in [-0.2, 0) is 22.5 Å². The predicted molar refractivity (Wildman–Crippen MR) is 155 cm³/mol. The number of para-hydroxylation sites is 1. The van der Waals surface area contributed by atoms with Crippen LogP contribution in [0.1, 0.15) is 95.6 Å². The number of carbonyl (C=O) groups is 1. The zero-order valence-electron chi connectivity index (χ0n) is 24.1. The average molecular weight is 511 g/mol. The summed E-state index contributed by atoms with van der Waals surface area (Å²) in [6, 6.07) is 18.5. The van der Waals surface area contributed by atoms with Crippen molar-refractivity contribution < 1.29 is 18.8 Å². The van der Waals surface area contributed by atoms with E-state index < -0.39 is 0 Å². The van der Waals surface area contributed by atoms with Gasteiger partial charge in [0.25, 0.3) is 0 Å². The fourth-order valence-corrected chi connectivity index (χ4v) is 4.63. The van der Waals surface area contributed by atoms with Crippen LogP contribution in [0.2, 0.25) is 0 Å². The Morgan fingerprint density at radius 3 is 2.05 bits per heavy atom. The molecule has 0 aliphatic heterocycles. The van der Waals surface area contributed by atoms with Crippen molar-refractivity contribution in [2.45, 2.75) is 103 Å². The quantitative estimate of drug-likeness (QED) is 0.102. The van der Waals surface area contributed by atoms with E-state index in [0.29, 0.717) is 17.7 Å². The van der Waals surface area contributed by atoms with Crippen molar-refractivity contribution in [2.24, 2.45) is 0 Å². The van der Waals surface area contributed by atoms with Gasteiger partial charge in [-0.1, -0.05) is 107 Å². The third-order valence-electron chi connectivity index (χ3n) is 7.39. The van der Waals surface area contributed by atoms with Crippen LogP contribution in [0.5, 0.6) is 5.75 Å². The van der Waals surface area contributed by atoms with Crippen LogP contribution in [0, 0.1) is 0 Å². The van der Waals surface area contributed by atoms with Crippen LogP contribution in [-0.4, -0.2) is 43.8 Å². The second kappa shape index (κ2) is 18.0. The molecule has 0 aromatic heterocycles. The number of nitrogens with zero attached hydrogens (tertiary/aromatic N) is 1. The zero-order valence-corrected chi connectivity index (χ0v) is 24.1. The Hall–Kier alpha value is -2.33. The molecule has 0 spiro atoms. The van der Waals surface area contributed by atoms with Crippen molar-refractivity contribution in [2.75, 3.05) is 27.3 Å². The van der Waals surface area contributed by atoms with Gasteiger partial charge in [0.15, 0.2) is 6.04 Å². The van der Waals surface area contributed by atoms with Gasteiger partial charge in [-0.05, 0) is 44.2 Å². The van der Waals surface area contributed by atoms with E-state index >= 15 is 0 Å². The van der Waals surface area contributed by atoms with Crippen molar-refractivity contribution in [3.63, 3.8) is 0 Å². The fourth-order valence-electron chi connectivity index (χ4n) is 4.63. The van der Waals surface area contributed by atoms with Gasteiger partial charge in [-0.2, -0.15) is 0 Å². The number of carbonyl (C=O) groups excluding carboxylic acids is 1. The molecule has 4 nitrogen and oxygen atoms in total. The van der Waals surface area contributed by atoms with Gasteiger partial charge in [0, 0.05) is 5.56 Å². The van der Waals surface area contributed by atoms with Crippen molar-refractivity contribution in [1.82, 2.24) is 0 Å². The summed E-state index contributed by atoms with van der Waals surface area (Å²) in [5.74, 6) is 0.876. The van der Waals surface area contributed by atoms with E-state index in [9.17, 15) is 4.79 Å². The van der Waals surface area contributed by atoms with E-state index in [4.69, 9.17) is 9.47 Å². The Bertz CT molecular complexity index is 865. The third-order valence-corrected chi connectivity index (χ3v) is 7.39. The molecule has 0 heterocycles. The number of hydrogen-bond acceptors (Lipinski definition) is 3. The summed E-state index contributed by atoms with van der Waals surface area (Å²) >= 11 is 0. The first-order chi connectivity index (χ1) is 17.9. The molecule has 0 aliphatic rings. The highest BCUT2D eigenvalue weighted by molar-refractivity contribution is 5.74. The van der Waals surface area contributed by atoms with Gasteiger partial charge in [-0.15, -0.1) is 0 Å². The molecular formula is C33H52NO3+. The highest BCUT2D eigenvalue weighted by atomic mass is 16.5. The molecule has 0 N–H and O–H groups in total. The molecule has 2 aromatic rings. The van der Waals surface area contributed by atoms with E-state index in [0.717, 1.165) is 31.6 Å². The van der Waals surface area contributed by atoms with Crippen molar-refractivity contribution >= 4 is 5.97 Å². The Kier molecular flexibility index (Phi) is 15.0. The number of hydrogen-bond donors (Lipinski definition) is 0. The number of ether oxygens (including phenoxy) is 2. The van der Waals surface area contributed by atoms with Gasteiger partial charge < -0.3 is 14.0 Å². The van der Waals surface area contributed by atoms with E-state index in [1.807, 2.05) is 31.2 Å². The fraction of sp³-hybridized carbons (Fsp3) is 0.606. The van der Waals surface area contributed by atoms with E-state index in [2.05, 4.69) is 51.4 Å². The lowest BCUT2D eigenvalue weighted by Crippen LogP contribution is -2.51. The Morgan fingerprint density at radius 1 is 0.757 bits per heavy atom. The standard InChI is InChI=1S/C33H52NO3/c1-5-6-7-8-9-10-11-12-16-23-31-24-17-18-25-32(31)36-26-19-20-27-37-33(35)29(2)34(3,4)28-30-21-14-13-15-22-30/h13-15,17-18,21-22,24-25,29H,5-12,16,19-20,23,26-28H2,1-4H3/q+1. The maximum absolute atomic E-state index is 12.6. The molecule has 1 atom stereocenters. The minimum Gasteiger partial charge on any atom is -0.493 e. The van der Waals surface area contributed by atoms with Gasteiger partial charge in [-0.3, -0.25) is 0 Å². The molecule has 0 aliphatic carbocycles. The number of unbranched alkanes of at least 4 members (excludes halogenated alkanes) is 9. The molecule has 4 heteroatoms. The molecule has 0 saturated heterocycles. The van der Waals surface area contributed by atoms with Crippen LogP contribution in [0.4, 0.5) is 0 Å². The summed E-state index contributed by atoms with van der Waals surface area (Å²) in [7, 11) is 4.16. The number of likely N-dealkylation sites (N-methyl/N-ethyl adjacent to an activating group) is 1. The molecule has 2 rings (SSSR count). The minimum absolute atomic E-state index is 0.131. The molecule has 0 fully saturated rings. The molecule has 0 bridgehead atoms. The van der Waals surface area contributed by atoms with Crippen LogP contribution in [0.25, 0.3) is 0 Å². The molecule has 0 amide bonds. The van der Waals surface area contributed by atoms with Crippen LogP contribution in [0.3, 0.4) is 0 Å². The van der Waals surface area contributed by atoms with Crippen LogP contribution >= 0.6 is 0 Å². The Balaban J connectivity index is 1.59. The summed E-state index contributed by atoms with van der Waals surface area (Å²) in [5.41, 5.74) is 2.53. The Labute approximate surface area is 227 Å². The number of aryl methyl sites for hydroxylation is 1. The second-order valence-corrected chi connectivity index (χ2v) is 11.0. The smallest absolute Gasteiger partial charge is 0.364 e. The molecule has 0 radical (unpaired) electrons. The largest absolute Gasteiger partial charge is 0.493 e. The number of esters is 1. The topological polar surface area (TPSA) is 35.5 Å². The third kappa shape index (κ3) is 12.6. The van der Waals surface area contributed by atoms with Gasteiger partial charge >= 0.3 is 5.97 Å². The molecular weight excluding hydrogens is 458 g/mol. The van der Waals surface area contributed by atoms with Gasteiger partial charge in [0.2, 0.25) is 0 Å². The first-order valence-electron chi connectivity index (χ1n) is 14.7. The second-order valence-electron chi connectivity index (χ2n) is 11.0. The van der Waals surface area contributed by atoms with E-state index in [-0.39, 0.29) is 12.0 Å². The van der Waals surface area contributed by atoms with E-state index in [1.165, 1.54) is 68.9 Å². The molecule has 206 valence electrons. The van der Waals surface area contributed by atoms with E-state index in [1.54, 1.807) is 0 Å². The average Bonchev–Trinajstić information content (AvgIpc) is 2.90. The lowest BCUT2D eigenvalue weighted by molar-refractivity contribution is -0.917. The summed E-state index contributed by atoms with van der Waals surface area (Å²) in [5, 5.41) is 0. The summed E-state index contributed by atoms with van der Waals surface area (Å²) in [6.45, 7) is 6.12. The monoisotopic (exact) mass is 510 g/mol. The summed E-state index contributed by atoms with van der Waals surface area (Å²) in [4.78, 5) is 12.6. The van der Waals surface area contributed by atoms with Gasteiger partial charge in [-0.25, -0.2) is 4.79 Å². The number of rotatable bonds is 20. The normalized spacial score (nSPS) is 12.3. The lowest BCUT2D eigenvalue weighted by atomic mass is 10.0. The summed E-state index contributed by atoms with van der Waals surface area (Å²) in [6.07, 6.45) is 14.9. The molecule has 0 saturated carbocycles. The maximum atomic E-state index is 12.6. The minimum atomic E-state index is -0.218. The number of quaternary nitrogens is 1. The van der Waals surface area contributed by atoms with Crippen LogP contribution < -0.4 is 4.74 Å².